The Kier molecular flexibility index (Phi) is 6.62. The predicted molar refractivity (Wildman–Crippen MR) is 122 cm³/mol. The summed E-state index contributed by atoms with van der Waals surface area (Å²) in [6.45, 7) is 3.73. The molecule has 30 heavy (non-hydrogen) atoms. The van der Waals surface area contributed by atoms with Gasteiger partial charge in [0.2, 0.25) is 5.95 Å². The summed E-state index contributed by atoms with van der Waals surface area (Å²) in [6.07, 6.45) is 3.97. The highest BCUT2D eigenvalue weighted by Crippen LogP contribution is 2.38. The number of hydrogen-bond donors (Lipinski definition) is 3. The van der Waals surface area contributed by atoms with Gasteiger partial charge in [0.05, 0.1) is 5.69 Å². The maximum atomic E-state index is 6.11. The van der Waals surface area contributed by atoms with Crippen molar-refractivity contribution in [1.29, 1.82) is 0 Å². The number of halogens is 1. The second-order valence-corrected chi connectivity index (χ2v) is 8.32. The Morgan fingerprint density at radius 1 is 1.13 bits per heavy atom. The van der Waals surface area contributed by atoms with Crippen LogP contribution in [0.15, 0.2) is 36.5 Å². The molecule has 0 aliphatic carbocycles. The third-order valence-corrected chi connectivity index (χ3v) is 5.67. The van der Waals surface area contributed by atoms with Crippen molar-refractivity contribution >= 4 is 17.5 Å². The van der Waals surface area contributed by atoms with E-state index < -0.39 is 0 Å². The van der Waals surface area contributed by atoms with E-state index in [1.807, 2.05) is 50.6 Å². The molecule has 3 N–H and O–H groups in total. The molecule has 8 heteroatoms. The molecule has 4 rings (SSSR count). The lowest BCUT2D eigenvalue weighted by atomic mass is 9.89. The number of nitrogens with one attached hydrogen (secondary N) is 3. The molecule has 0 bridgehead atoms. The minimum Gasteiger partial charge on any atom is -0.353 e. The van der Waals surface area contributed by atoms with E-state index in [-0.39, 0.29) is 0 Å². The van der Waals surface area contributed by atoms with Gasteiger partial charge in [0.25, 0.3) is 0 Å². The van der Waals surface area contributed by atoms with Gasteiger partial charge in [-0.2, -0.15) is 5.10 Å². The van der Waals surface area contributed by atoms with Crippen molar-refractivity contribution in [1.82, 2.24) is 30.4 Å². The van der Waals surface area contributed by atoms with E-state index in [1.165, 1.54) is 0 Å². The second kappa shape index (κ2) is 9.55. The first-order valence-corrected chi connectivity index (χ1v) is 10.8. The van der Waals surface area contributed by atoms with Crippen LogP contribution in [0.1, 0.15) is 24.5 Å². The van der Waals surface area contributed by atoms with Gasteiger partial charge in [-0.25, -0.2) is 9.97 Å². The number of piperidine rings is 1. The van der Waals surface area contributed by atoms with Gasteiger partial charge in [-0.15, -0.1) is 0 Å². The summed E-state index contributed by atoms with van der Waals surface area (Å²) in [7, 11) is 4.10. The molecule has 0 spiro atoms. The zero-order valence-corrected chi connectivity index (χ0v) is 18.2. The predicted octanol–water partition coefficient (Wildman–Crippen LogP) is 3.63. The van der Waals surface area contributed by atoms with E-state index in [4.69, 9.17) is 21.7 Å². The highest BCUT2D eigenvalue weighted by atomic mass is 35.5. The van der Waals surface area contributed by atoms with Crippen LogP contribution in [-0.4, -0.2) is 65.3 Å². The molecule has 1 saturated heterocycles. The van der Waals surface area contributed by atoms with Crippen LogP contribution in [-0.2, 0) is 0 Å². The monoisotopic (exact) mass is 425 g/mol. The van der Waals surface area contributed by atoms with Crippen molar-refractivity contribution in [2.45, 2.75) is 18.8 Å². The maximum absolute atomic E-state index is 6.11. The standard InChI is InChI=1S/C22H28ClN7/c1-30(2)14-13-26-22-25-12-9-18(27-22)19-20(15-3-5-17(23)6-4-15)28-29-21(19)16-7-10-24-11-8-16/h3-6,9,12,16,24H,7-8,10-11,13-14H2,1-2H3,(H,28,29)(H,25,26,27). The quantitative estimate of drug-likeness (QED) is 0.536. The summed E-state index contributed by atoms with van der Waals surface area (Å²) < 4.78 is 0. The molecule has 0 radical (unpaired) electrons. The SMILES string of the molecule is CN(C)CCNc1nccc(-c2c(-c3ccc(Cl)cc3)n[nH]c2C2CCNCC2)n1. The van der Waals surface area contributed by atoms with Crippen LogP contribution in [0.5, 0.6) is 0 Å². The average Bonchev–Trinajstić information content (AvgIpc) is 3.20. The van der Waals surface area contributed by atoms with Crippen molar-refractivity contribution in [3.05, 3.63) is 47.2 Å². The van der Waals surface area contributed by atoms with Crippen molar-refractivity contribution < 1.29 is 0 Å². The summed E-state index contributed by atoms with van der Waals surface area (Å²) in [4.78, 5) is 11.4. The summed E-state index contributed by atoms with van der Waals surface area (Å²) in [6, 6.07) is 9.77. The van der Waals surface area contributed by atoms with Gasteiger partial charge >= 0.3 is 0 Å². The Morgan fingerprint density at radius 3 is 2.63 bits per heavy atom. The Labute approximate surface area is 182 Å². The third-order valence-electron chi connectivity index (χ3n) is 5.41. The van der Waals surface area contributed by atoms with Crippen LogP contribution in [0.4, 0.5) is 5.95 Å². The molecule has 0 unspecified atom stereocenters. The minimum absolute atomic E-state index is 0.426. The van der Waals surface area contributed by atoms with Gasteiger partial charge in [0.15, 0.2) is 0 Å². The van der Waals surface area contributed by atoms with Crippen molar-refractivity contribution in [2.24, 2.45) is 0 Å². The zero-order valence-electron chi connectivity index (χ0n) is 17.5. The minimum atomic E-state index is 0.426. The molecule has 1 aliphatic heterocycles. The smallest absolute Gasteiger partial charge is 0.223 e. The highest BCUT2D eigenvalue weighted by molar-refractivity contribution is 6.30. The number of hydrogen-bond acceptors (Lipinski definition) is 6. The molecule has 0 saturated carbocycles. The van der Waals surface area contributed by atoms with Crippen LogP contribution in [0, 0.1) is 0 Å². The molecule has 7 nitrogen and oxygen atoms in total. The van der Waals surface area contributed by atoms with Gasteiger partial charge in [-0.05, 0) is 58.2 Å². The highest BCUT2D eigenvalue weighted by Gasteiger charge is 2.25. The lowest BCUT2D eigenvalue weighted by Crippen LogP contribution is -2.27. The first kappa shape index (κ1) is 20.8. The van der Waals surface area contributed by atoms with E-state index in [2.05, 4.69) is 25.6 Å². The molecule has 3 aromatic rings. The number of likely N-dealkylation sites (N-methyl/N-ethyl adjacent to an activating group) is 1. The molecular weight excluding hydrogens is 398 g/mol. The van der Waals surface area contributed by atoms with Crippen LogP contribution in [0.3, 0.4) is 0 Å². The molecule has 0 atom stereocenters. The van der Waals surface area contributed by atoms with E-state index in [9.17, 15) is 0 Å². The molecule has 3 heterocycles. The molecule has 1 fully saturated rings. The van der Waals surface area contributed by atoms with Gasteiger partial charge in [-0.1, -0.05) is 23.7 Å². The Bertz CT molecular complexity index is 962. The largest absolute Gasteiger partial charge is 0.353 e. The summed E-state index contributed by atoms with van der Waals surface area (Å²) in [5.74, 6) is 1.06. The van der Waals surface area contributed by atoms with E-state index in [0.29, 0.717) is 16.9 Å². The average molecular weight is 426 g/mol. The fourth-order valence-corrected chi connectivity index (χ4v) is 3.94. The maximum Gasteiger partial charge on any atom is 0.223 e. The van der Waals surface area contributed by atoms with Crippen LogP contribution in [0.25, 0.3) is 22.5 Å². The van der Waals surface area contributed by atoms with Crippen molar-refractivity contribution in [3.63, 3.8) is 0 Å². The fraction of sp³-hybridized carbons (Fsp3) is 0.409. The summed E-state index contributed by atoms with van der Waals surface area (Å²) >= 11 is 6.11. The Hall–Kier alpha value is -2.48. The van der Waals surface area contributed by atoms with Gasteiger partial charge < -0.3 is 15.5 Å². The molecule has 1 aliphatic rings. The normalized spacial score (nSPS) is 14.9. The van der Waals surface area contributed by atoms with Crippen LogP contribution >= 0.6 is 11.6 Å². The van der Waals surface area contributed by atoms with Gasteiger partial charge in [0.1, 0.15) is 5.69 Å². The van der Waals surface area contributed by atoms with E-state index in [0.717, 1.165) is 67.2 Å². The lowest BCUT2D eigenvalue weighted by molar-refractivity contribution is 0.425. The van der Waals surface area contributed by atoms with Crippen molar-refractivity contribution in [2.75, 3.05) is 45.6 Å². The number of anilines is 1. The third kappa shape index (κ3) is 4.80. The molecule has 0 amide bonds. The number of aromatic amines is 1. The van der Waals surface area contributed by atoms with Crippen molar-refractivity contribution in [3.8, 4) is 22.5 Å². The number of nitrogens with zero attached hydrogens (tertiary/aromatic N) is 4. The second-order valence-electron chi connectivity index (χ2n) is 7.89. The van der Waals surface area contributed by atoms with Crippen LogP contribution < -0.4 is 10.6 Å². The fourth-order valence-electron chi connectivity index (χ4n) is 3.81. The molecule has 2 aromatic heterocycles. The number of H-pyrrole nitrogens is 1. The van der Waals surface area contributed by atoms with Gasteiger partial charge in [0, 0.05) is 47.0 Å². The molecular formula is C22H28ClN7. The molecule has 158 valence electrons. The Morgan fingerprint density at radius 2 is 1.90 bits per heavy atom. The lowest BCUT2D eigenvalue weighted by Gasteiger charge is -2.22. The summed E-state index contributed by atoms with van der Waals surface area (Å²) in [5.41, 5.74) is 5.01. The first-order chi connectivity index (χ1) is 14.6. The van der Waals surface area contributed by atoms with Gasteiger partial charge in [-0.3, -0.25) is 5.10 Å². The number of benzene rings is 1. The topological polar surface area (TPSA) is 81.8 Å². The summed E-state index contributed by atoms with van der Waals surface area (Å²) in [5, 5.41) is 15.5. The first-order valence-electron chi connectivity index (χ1n) is 10.4. The molecule has 1 aromatic carbocycles. The Balaban J connectivity index is 1.72. The zero-order chi connectivity index (χ0) is 20.9. The van der Waals surface area contributed by atoms with E-state index in [1.54, 1.807) is 0 Å². The van der Waals surface area contributed by atoms with E-state index >= 15 is 0 Å². The van der Waals surface area contributed by atoms with Crippen LogP contribution in [0.2, 0.25) is 5.02 Å². The number of aromatic nitrogens is 4. The number of rotatable bonds is 7.